The van der Waals surface area contributed by atoms with Crippen LogP contribution in [0.3, 0.4) is 0 Å². The largest absolute Gasteiger partial charge is 0.313 e. The van der Waals surface area contributed by atoms with Crippen LogP contribution >= 0.6 is 0 Å². The van der Waals surface area contributed by atoms with Crippen LogP contribution in [0.15, 0.2) is 23.8 Å². The molecule has 1 aliphatic carbocycles. The molecule has 1 nitrogen and oxygen atoms in total. The number of hydrogen-bond donors (Lipinski definition) is 1. The Bertz CT molecular complexity index is 458. The molecule has 0 radical (unpaired) electrons. The summed E-state index contributed by atoms with van der Waals surface area (Å²) < 4.78 is 13.2. The summed E-state index contributed by atoms with van der Waals surface area (Å²) in [6.07, 6.45) is 8.95. The quantitative estimate of drug-likeness (QED) is 0.820. The van der Waals surface area contributed by atoms with Crippen LogP contribution < -0.4 is 5.32 Å². The standard InChI is InChI=1S/C18H26FN/c1-3-20-13-17(15-7-5-4-6-8-15)12-16-9-10-18(19)11-14(16)2/h9-12,15,20H,3-8,13H2,1-2H3/b17-12-. The lowest BCUT2D eigenvalue weighted by molar-refractivity contribution is 0.397. The van der Waals surface area contributed by atoms with Crippen LogP contribution in [-0.2, 0) is 0 Å². The lowest BCUT2D eigenvalue weighted by atomic mass is 9.82. The maximum Gasteiger partial charge on any atom is 0.123 e. The van der Waals surface area contributed by atoms with Gasteiger partial charge in [0.05, 0.1) is 0 Å². The van der Waals surface area contributed by atoms with E-state index in [9.17, 15) is 4.39 Å². The number of aryl methyl sites for hydroxylation is 1. The van der Waals surface area contributed by atoms with Crippen molar-refractivity contribution in [3.05, 3.63) is 40.7 Å². The van der Waals surface area contributed by atoms with Crippen molar-refractivity contribution in [2.24, 2.45) is 5.92 Å². The molecule has 2 rings (SSSR count). The molecule has 1 saturated carbocycles. The average Bonchev–Trinajstić information content (AvgIpc) is 2.46. The van der Waals surface area contributed by atoms with E-state index in [1.165, 1.54) is 37.7 Å². The molecule has 0 unspecified atom stereocenters. The summed E-state index contributed by atoms with van der Waals surface area (Å²) in [5, 5.41) is 3.45. The minimum atomic E-state index is -0.148. The Hall–Kier alpha value is -1.15. The number of rotatable bonds is 5. The Morgan fingerprint density at radius 1 is 1.30 bits per heavy atom. The topological polar surface area (TPSA) is 12.0 Å². The van der Waals surface area contributed by atoms with Gasteiger partial charge >= 0.3 is 0 Å². The van der Waals surface area contributed by atoms with Crippen molar-refractivity contribution in [2.45, 2.75) is 46.0 Å². The van der Waals surface area contributed by atoms with Crippen molar-refractivity contribution >= 4 is 6.08 Å². The minimum Gasteiger partial charge on any atom is -0.313 e. The van der Waals surface area contributed by atoms with Gasteiger partial charge in [-0.1, -0.05) is 43.9 Å². The Labute approximate surface area is 122 Å². The third kappa shape index (κ3) is 4.17. The number of halogens is 1. The first-order valence-electron chi connectivity index (χ1n) is 7.88. The fourth-order valence-corrected chi connectivity index (χ4v) is 3.06. The van der Waals surface area contributed by atoms with Gasteiger partial charge in [0.15, 0.2) is 0 Å². The van der Waals surface area contributed by atoms with Gasteiger partial charge in [0.1, 0.15) is 5.82 Å². The molecule has 0 heterocycles. The van der Waals surface area contributed by atoms with Crippen LogP contribution in [0.5, 0.6) is 0 Å². The molecule has 0 spiro atoms. The van der Waals surface area contributed by atoms with E-state index in [1.54, 1.807) is 12.1 Å². The van der Waals surface area contributed by atoms with E-state index in [1.807, 2.05) is 13.0 Å². The van der Waals surface area contributed by atoms with E-state index >= 15 is 0 Å². The maximum atomic E-state index is 13.2. The highest BCUT2D eigenvalue weighted by atomic mass is 19.1. The van der Waals surface area contributed by atoms with Gasteiger partial charge in [0, 0.05) is 6.54 Å². The molecule has 1 N–H and O–H groups in total. The van der Waals surface area contributed by atoms with E-state index < -0.39 is 0 Å². The SMILES string of the molecule is CCNC/C(=C/c1ccc(F)cc1C)C1CCCCC1. The van der Waals surface area contributed by atoms with Crippen LogP contribution in [0.4, 0.5) is 4.39 Å². The highest BCUT2D eigenvalue weighted by Gasteiger charge is 2.17. The summed E-state index contributed by atoms with van der Waals surface area (Å²) >= 11 is 0. The predicted molar refractivity (Wildman–Crippen MR) is 84.2 cm³/mol. The average molecular weight is 275 g/mol. The van der Waals surface area contributed by atoms with Crippen molar-refractivity contribution in [1.29, 1.82) is 0 Å². The maximum absolute atomic E-state index is 13.2. The number of nitrogens with one attached hydrogen (secondary N) is 1. The summed E-state index contributed by atoms with van der Waals surface area (Å²) in [7, 11) is 0. The third-order valence-electron chi connectivity index (χ3n) is 4.28. The molecular formula is C18H26FN. The zero-order valence-corrected chi connectivity index (χ0v) is 12.7. The van der Waals surface area contributed by atoms with Gasteiger partial charge in [0.2, 0.25) is 0 Å². The molecule has 20 heavy (non-hydrogen) atoms. The smallest absolute Gasteiger partial charge is 0.123 e. The molecule has 1 aliphatic rings. The zero-order valence-electron chi connectivity index (χ0n) is 12.7. The number of likely N-dealkylation sites (N-methyl/N-ethyl adjacent to an activating group) is 1. The molecule has 1 aromatic rings. The summed E-state index contributed by atoms with van der Waals surface area (Å²) in [5.74, 6) is 0.554. The zero-order chi connectivity index (χ0) is 14.4. The second-order valence-corrected chi connectivity index (χ2v) is 5.84. The minimum absolute atomic E-state index is 0.148. The predicted octanol–water partition coefficient (Wildman–Crippen LogP) is 4.71. The first-order chi connectivity index (χ1) is 9.70. The van der Waals surface area contributed by atoms with E-state index in [0.29, 0.717) is 5.92 Å². The van der Waals surface area contributed by atoms with Crippen molar-refractivity contribution in [3.63, 3.8) is 0 Å². The molecule has 110 valence electrons. The second kappa shape index (κ2) is 7.58. The Morgan fingerprint density at radius 3 is 2.70 bits per heavy atom. The molecule has 0 bridgehead atoms. The number of benzene rings is 1. The Kier molecular flexibility index (Phi) is 5.78. The van der Waals surface area contributed by atoms with Crippen LogP contribution in [0, 0.1) is 18.7 Å². The highest BCUT2D eigenvalue weighted by Crippen LogP contribution is 2.31. The van der Waals surface area contributed by atoms with Crippen LogP contribution in [0.25, 0.3) is 6.08 Å². The molecule has 0 aliphatic heterocycles. The van der Waals surface area contributed by atoms with Crippen molar-refractivity contribution in [1.82, 2.24) is 5.32 Å². The van der Waals surface area contributed by atoms with Gasteiger partial charge < -0.3 is 5.32 Å². The van der Waals surface area contributed by atoms with Crippen molar-refractivity contribution in [3.8, 4) is 0 Å². The molecule has 0 atom stereocenters. The summed E-state index contributed by atoms with van der Waals surface area (Å²) in [6.45, 7) is 6.08. The first-order valence-corrected chi connectivity index (χ1v) is 7.88. The van der Waals surface area contributed by atoms with Gasteiger partial charge in [-0.25, -0.2) is 4.39 Å². The summed E-state index contributed by atoms with van der Waals surface area (Å²) in [6, 6.07) is 5.08. The van der Waals surface area contributed by atoms with E-state index in [0.717, 1.165) is 24.2 Å². The van der Waals surface area contributed by atoms with Crippen LogP contribution in [0.2, 0.25) is 0 Å². The summed E-state index contributed by atoms with van der Waals surface area (Å²) in [4.78, 5) is 0. The monoisotopic (exact) mass is 275 g/mol. The normalized spacial score (nSPS) is 17.4. The molecule has 1 aromatic carbocycles. The molecule has 0 aromatic heterocycles. The lowest BCUT2D eigenvalue weighted by Crippen LogP contribution is -2.22. The fourth-order valence-electron chi connectivity index (χ4n) is 3.06. The van der Waals surface area contributed by atoms with E-state index in [4.69, 9.17) is 0 Å². The van der Waals surface area contributed by atoms with E-state index in [2.05, 4.69) is 18.3 Å². The second-order valence-electron chi connectivity index (χ2n) is 5.84. The third-order valence-corrected chi connectivity index (χ3v) is 4.28. The van der Waals surface area contributed by atoms with Gasteiger partial charge in [0.25, 0.3) is 0 Å². The van der Waals surface area contributed by atoms with Crippen LogP contribution in [-0.4, -0.2) is 13.1 Å². The van der Waals surface area contributed by atoms with E-state index in [-0.39, 0.29) is 5.82 Å². The van der Waals surface area contributed by atoms with Crippen LogP contribution in [0.1, 0.15) is 50.2 Å². The van der Waals surface area contributed by atoms with Gasteiger partial charge in [-0.15, -0.1) is 0 Å². The Morgan fingerprint density at radius 2 is 2.05 bits per heavy atom. The number of hydrogen-bond acceptors (Lipinski definition) is 1. The molecule has 1 fully saturated rings. The summed E-state index contributed by atoms with van der Waals surface area (Å²) in [5.41, 5.74) is 3.67. The molecular weight excluding hydrogens is 249 g/mol. The molecule has 2 heteroatoms. The molecule has 0 amide bonds. The molecule has 0 saturated heterocycles. The Balaban J connectivity index is 2.21. The van der Waals surface area contributed by atoms with Gasteiger partial charge in [-0.2, -0.15) is 0 Å². The van der Waals surface area contributed by atoms with Crippen molar-refractivity contribution in [2.75, 3.05) is 13.1 Å². The first kappa shape index (κ1) is 15.2. The van der Waals surface area contributed by atoms with Gasteiger partial charge in [-0.05, 0) is 55.5 Å². The fraction of sp³-hybridized carbons (Fsp3) is 0.556. The lowest BCUT2D eigenvalue weighted by Gasteiger charge is -2.25. The highest BCUT2D eigenvalue weighted by molar-refractivity contribution is 5.57. The van der Waals surface area contributed by atoms with Crippen molar-refractivity contribution < 1.29 is 4.39 Å². The van der Waals surface area contributed by atoms with Gasteiger partial charge in [-0.3, -0.25) is 0 Å².